The van der Waals surface area contributed by atoms with Crippen LogP contribution in [0.15, 0.2) is 164 Å². The molecule has 1 aliphatic rings. The highest BCUT2D eigenvalue weighted by atomic mass is 32.2. The molecule has 34 heteroatoms. The highest BCUT2D eigenvalue weighted by molar-refractivity contribution is 7.92. The third-order valence-corrected chi connectivity index (χ3v) is 18.7. The molecule has 0 spiro atoms. The van der Waals surface area contributed by atoms with Crippen LogP contribution in [0, 0.1) is 25.0 Å². The van der Waals surface area contributed by atoms with Crippen LogP contribution in [0.1, 0.15) is 77.2 Å². The molecule has 6 amide bonds. The Kier molecular flexibility index (Phi) is 24.8. The van der Waals surface area contributed by atoms with E-state index in [0.717, 1.165) is 12.5 Å². The summed E-state index contributed by atoms with van der Waals surface area (Å²) in [5.41, 5.74) is 2.29. The van der Waals surface area contributed by atoms with Crippen molar-refractivity contribution in [3.63, 3.8) is 0 Å². The van der Waals surface area contributed by atoms with E-state index in [1.54, 1.807) is 155 Å². The Labute approximate surface area is 634 Å². The van der Waals surface area contributed by atoms with Crippen molar-refractivity contribution < 1.29 is 78.4 Å². The van der Waals surface area contributed by atoms with E-state index in [9.17, 15) is 64.2 Å². The van der Waals surface area contributed by atoms with E-state index in [0.29, 0.717) is 51.3 Å². The summed E-state index contributed by atoms with van der Waals surface area (Å²) in [6.45, 7) is 27.9. The largest absolute Gasteiger partial charge is 0.505 e. The minimum atomic E-state index is -3.66. The second-order valence-electron chi connectivity index (χ2n) is 26.5. The number of hydrogen-bond donors (Lipinski definition) is 10. The van der Waals surface area contributed by atoms with E-state index in [4.69, 9.17) is 27.4 Å². The lowest BCUT2D eigenvalue weighted by Crippen LogP contribution is -2.34. The van der Waals surface area contributed by atoms with Crippen LogP contribution in [-0.2, 0) is 49.9 Å². The summed E-state index contributed by atoms with van der Waals surface area (Å²) < 4.78 is 97.3. The maximum atomic E-state index is 13.6. The van der Waals surface area contributed by atoms with Gasteiger partial charge in [0.05, 0.1) is 75.6 Å². The predicted molar refractivity (Wildman–Crippen MR) is 421 cm³/mol. The number of carbonyl (C=O) groups excluding carboxylic acids is 6. The van der Waals surface area contributed by atoms with Crippen molar-refractivity contribution in [2.75, 3.05) is 72.7 Å². The van der Waals surface area contributed by atoms with E-state index in [2.05, 4.69) is 55.3 Å². The van der Waals surface area contributed by atoms with E-state index >= 15 is 0 Å². The van der Waals surface area contributed by atoms with Crippen LogP contribution < -0.4 is 54.5 Å². The Balaban J connectivity index is 0.000000190. The number of sulfonamides is 3. The molecule has 3 heterocycles. The second-order valence-corrected chi connectivity index (χ2v) is 32.0. The minimum absolute atomic E-state index is 0.00412. The predicted octanol–water partition coefficient (Wildman–Crippen LogP) is 14.5. The number of H-pyrrole nitrogens is 1. The molecular formula is C76H78N14O17S3. The van der Waals surface area contributed by atoms with Crippen molar-refractivity contribution >= 4 is 145 Å². The lowest BCUT2D eigenvalue weighted by molar-refractivity contribution is -0.119. The molecule has 0 atom stereocenters. The molecule has 0 saturated carbocycles. The maximum absolute atomic E-state index is 13.6. The lowest BCUT2D eigenvalue weighted by Gasteiger charge is -2.34. The van der Waals surface area contributed by atoms with Gasteiger partial charge in [0.25, 0.3) is 11.6 Å². The summed E-state index contributed by atoms with van der Waals surface area (Å²) in [5, 5.41) is 40.4. The number of aromatic nitrogens is 3. The number of aromatic amines is 1. The summed E-state index contributed by atoms with van der Waals surface area (Å²) in [6, 6.07) is 44.3. The zero-order valence-corrected chi connectivity index (χ0v) is 63.7. The number of phenolic OH excluding ortho intramolecular Hbond substituents is 2. The van der Waals surface area contributed by atoms with Crippen LogP contribution >= 0.6 is 0 Å². The number of aromatic hydroxyl groups is 2. The molecule has 110 heavy (non-hydrogen) atoms. The Bertz CT molecular complexity index is 5620. The number of nitrogens with one attached hydrogen (secondary N) is 8. The van der Waals surface area contributed by atoms with E-state index in [-0.39, 0.29) is 133 Å². The summed E-state index contributed by atoms with van der Waals surface area (Å²) in [5.74, 6) is -1.68. The molecule has 0 unspecified atom stereocenters. The van der Waals surface area contributed by atoms with Gasteiger partial charge in [-0.25, -0.2) is 54.1 Å². The Hall–Kier alpha value is -13.2. The van der Waals surface area contributed by atoms with Gasteiger partial charge in [0, 0.05) is 78.3 Å². The highest BCUT2D eigenvalue weighted by Crippen LogP contribution is 2.52. The van der Waals surface area contributed by atoms with Crippen LogP contribution in [0.25, 0.3) is 37.5 Å². The normalized spacial score (nSPS) is 12.2. The number of rotatable bonds is 21. The molecule has 2 aromatic heterocycles. The van der Waals surface area contributed by atoms with Crippen molar-refractivity contribution in [3.05, 3.63) is 198 Å². The highest BCUT2D eigenvalue weighted by Gasteiger charge is 2.39. The molecule has 0 radical (unpaired) electrons. The Morgan fingerprint density at radius 2 is 1.26 bits per heavy atom. The second kappa shape index (κ2) is 33.7. The number of benzene rings is 8. The molecule has 0 aliphatic carbocycles. The number of carbonyl (C=O) groups is 6. The third-order valence-electron chi connectivity index (χ3n) is 16.2. The number of hydrogen-bond acceptors (Lipinski definition) is 18. The first-order valence-corrected chi connectivity index (χ1v) is 39.1. The van der Waals surface area contributed by atoms with Gasteiger partial charge in [0.1, 0.15) is 23.0 Å². The molecule has 11 rings (SSSR count). The van der Waals surface area contributed by atoms with Crippen molar-refractivity contribution in [2.24, 2.45) is 11.8 Å². The number of amides is 6. The topological polar surface area (TPSA) is 405 Å². The van der Waals surface area contributed by atoms with Gasteiger partial charge in [-0.2, -0.15) is 0 Å². The van der Waals surface area contributed by atoms with Crippen LogP contribution in [-0.4, -0.2) is 123 Å². The van der Waals surface area contributed by atoms with Gasteiger partial charge in [-0.3, -0.25) is 33.3 Å². The first-order valence-electron chi connectivity index (χ1n) is 33.6. The monoisotopic (exact) mass is 1550 g/mol. The average molecular weight is 1560 g/mol. The standard InChI is InChI=1S/C27H19N7O4S.C27H33N3O6S.C22H26N4O7S/c1-28-22-23(38-27(35)33(20-13-6-4-7-14-20)21-15-8-5-9-16-21)26-31-30-24(34(26)25(22)29-2)18-11-10-12-19(17-18)32-39(3,36)37;1-6-37(34,35)30-21-9-7-8-20-25(21)23(15-22(26(20)32)29-27(33)17(4)5)36-19-12-10-18(11-13-19)28-24(31)14-16(2)3;1-22(2)11-16(27)24-18-15(33-21(30)26(3)4)10-14(19(28)17(18)22)23-20(29)12-8-6-7-9-13(12)25-34(5,31)32/h4-17,31-32H,3H3;7-13,15-17,30,32H,6,14H2,1-5H3,(H,28,31)(H,29,33);6-10,25,28H,11H2,1-5H3,(H,23,29)(H,24,27). The molecule has 31 nitrogen and oxygen atoms in total. The molecule has 0 saturated heterocycles. The number of phenols is 2. The molecule has 10 N–H and O–H groups in total. The quantitative estimate of drug-likeness (QED) is 0.0236. The summed E-state index contributed by atoms with van der Waals surface area (Å²) >= 11 is 0. The fraction of sp³-hybridized carbons (Fsp3) is 0.224. The number of ether oxygens (including phenoxy) is 3. The summed E-state index contributed by atoms with van der Waals surface area (Å²) in [4.78, 5) is 85.1. The fourth-order valence-corrected chi connectivity index (χ4v) is 13.0. The average Bonchev–Trinajstić information content (AvgIpc) is 1.34. The van der Waals surface area contributed by atoms with Gasteiger partial charge in [-0.05, 0) is 97.8 Å². The first-order chi connectivity index (χ1) is 51.9. The van der Waals surface area contributed by atoms with Gasteiger partial charge in [0.2, 0.25) is 65.1 Å². The lowest BCUT2D eigenvalue weighted by atomic mass is 9.77. The smallest absolute Gasteiger partial charge is 0.423 e. The molecular weight excluding hydrogens is 1480 g/mol. The van der Waals surface area contributed by atoms with Gasteiger partial charge in [-0.1, -0.05) is 115 Å². The number of nitrogens with zero attached hydrogens (tertiary/aromatic N) is 6. The zero-order chi connectivity index (χ0) is 80.3. The molecule has 1 aliphatic heterocycles. The maximum Gasteiger partial charge on any atom is 0.423 e. The molecule has 0 fully saturated rings. The summed E-state index contributed by atoms with van der Waals surface area (Å²) in [7, 11) is -7.86. The van der Waals surface area contributed by atoms with Crippen LogP contribution in [0.4, 0.5) is 72.3 Å². The van der Waals surface area contributed by atoms with Gasteiger partial charge in [-0.15, -0.1) is 5.10 Å². The Morgan fingerprint density at radius 3 is 1.85 bits per heavy atom. The van der Waals surface area contributed by atoms with Crippen molar-refractivity contribution in [3.8, 4) is 45.9 Å². The number of anilines is 9. The molecule has 8 aromatic carbocycles. The SMILES string of the molecule is CCS(=O)(=O)Nc1cccc2c(O)c(NC(=O)C(C)C)cc(Oc3ccc(NC(=O)CC(C)C)cc3)c12.CN(C)C(=O)Oc1cc(NC(=O)c2ccccc2NS(C)(=O)=O)c(O)c2c1NC(=O)CC2(C)C.[C-]#[N+]c1c(OC(=O)N(c2ccccc2)c2ccccc2)c2[nH]nc(-c3cccc(NS(C)(=O)=O)c3)n2c1[N+]#[C-]. The molecule has 10 aromatic rings. The minimum Gasteiger partial charge on any atom is -0.505 e. The first kappa shape index (κ1) is 80.9. The molecule has 0 bridgehead atoms. The van der Waals surface area contributed by atoms with Crippen molar-refractivity contribution in [1.82, 2.24) is 19.5 Å². The van der Waals surface area contributed by atoms with Crippen LogP contribution in [0.3, 0.4) is 0 Å². The summed E-state index contributed by atoms with van der Waals surface area (Å²) in [6.07, 6.45) is 0.916. The number of fused-ring (bicyclic) bond motifs is 3. The van der Waals surface area contributed by atoms with Gasteiger partial charge < -0.3 is 55.4 Å². The van der Waals surface area contributed by atoms with E-state index in [1.165, 1.54) is 59.5 Å². The fourth-order valence-electron chi connectivity index (χ4n) is 11.2. The van der Waals surface area contributed by atoms with Crippen LogP contribution in [0.2, 0.25) is 0 Å². The van der Waals surface area contributed by atoms with Gasteiger partial charge >= 0.3 is 12.2 Å². The Morgan fingerprint density at radius 1 is 0.664 bits per heavy atom. The zero-order valence-electron chi connectivity index (χ0n) is 61.3. The van der Waals surface area contributed by atoms with Crippen molar-refractivity contribution in [2.45, 2.75) is 66.7 Å². The van der Waals surface area contributed by atoms with Crippen LogP contribution in [0.5, 0.6) is 34.5 Å². The molecule has 572 valence electrons. The van der Waals surface area contributed by atoms with E-state index in [1.807, 2.05) is 26.0 Å². The van der Waals surface area contributed by atoms with Gasteiger partial charge in [0.15, 0.2) is 11.5 Å². The van der Waals surface area contributed by atoms with E-state index < -0.39 is 53.6 Å². The number of para-hydroxylation sites is 3. The third kappa shape index (κ3) is 19.7. The van der Waals surface area contributed by atoms with Crippen molar-refractivity contribution in [1.29, 1.82) is 0 Å².